The monoisotopic (exact) mass is 452 g/mol. The highest BCUT2D eigenvalue weighted by Crippen LogP contribution is 2.31. The second-order valence-electron chi connectivity index (χ2n) is 7.47. The number of ether oxygens (including phenoxy) is 1. The molecule has 4 N–H and O–H groups in total. The van der Waals surface area contributed by atoms with E-state index in [1.807, 2.05) is 12.1 Å². The van der Waals surface area contributed by atoms with Crippen molar-refractivity contribution in [2.75, 3.05) is 31.6 Å². The van der Waals surface area contributed by atoms with Crippen LogP contribution in [-0.4, -0.2) is 52.2 Å². The van der Waals surface area contributed by atoms with Crippen LogP contribution in [0, 0.1) is 0 Å². The molecule has 32 heavy (non-hydrogen) atoms. The number of rotatable bonds is 7. The summed E-state index contributed by atoms with van der Waals surface area (Å²) in [5.74, 6) is 1.33. The van der Waals surface area contributed by atoms with Gasteiger partial charge in [0.15, 0.2) is 11.8 Å². The Bertz CT molecular complexity index is 1070. The average molecular weight is 453 g/mol. The summed E-state index contributed by atoms with van der Waals surface area (Å²) in [5, 5.41) is 13.2. The zero-order valence-electron chi connectivity index (χ0n) is 17.5. The molecule has 9 heteroatoms. The van der Waals surface area contributed by atoms with Gasteiger partial charge in [0.2, 0.25) is 5.88 Å². The van der Waals surface area contributed by atoms with Crippen LogP contribution in [0.15, 0.2) is 59.9 Å². The number of aromatic hydroxyl groups is 1. The van der Waals surface area contributed by atoms with E-state index in [1.165, 1.54) is 18.9 Å². The number of nitrogens with two attached hydrogens (primary N) is 1. The van der Waals surface area contributed by atoms with Gasteiger partial charge in [-0.1, -0.05) is 11.6 Å². The Morgan fingerprint density at radius 2 is 1.97 bits per heavy atom. The fourth-order valence-corrected chi connectivity index (χ4v) is 3.70. The van der Waals surface area contributed by atoms with Gasteiger partial charge in [-0.25, -0.2) is 9.97 Å². The molecule has 1 aliphatic heterocycles. The van der Waals surface area contributed by atoms with Crippen molar-refractivity contribution in [3.8, 4) is 22.8 Å². The summed E-state index contributed by atoms with van der Waals surface area (Å²) >= 11 is 6.20. The number of hydrogen-bond donors (Lipinski definition) is 3. The van der Waals surface area contributed by atoms with Gasteiger partial charge in [0.25, 0.3) is 0 Å². The van der Waals surface area contributed by atoms with Crippen molar-refractivity contribution in [3.05, 3.63) is 59.9 Å². The fraction of sp³-hybridized carbons (Fsp3) is 0.261. The number of nitrogens with one attached hydrogen (secondary N) is 1. The number of aliphatic imine (C=N–C) groups is 1. The van der Waals surface area contributed by atoms with E-state index in [0.29, 0.717) is 34.6 Å². The predicted molar refractivity (Wildman–Crippen MR) is 127 cm³/mol. The summed E-state index contributed by atoms with van der Waals surface area (Å²) in [6, 6.07) is 11.9. The van der Waals surface area contributed by atoms with E-state index in [1.54, 1.807) is 36.7 Å². The van der Waals surface area contributed by atoms with Crippen LogP contribution in [0.3, 0.4) is 0 Å². The van der Waals surface area contributed by atoms with E-state index < -0.39 is 0 Å². The second-order valence-corrected chi connectivity index (χ2v) is 7.88. The highest BCUT2D eigenvalue weighted by Gasteiger charge is 2.11. The molecular weight excluding hydrogens is 428 g/mol. The first-order valence-corrected chi connectivity index (χ1v) is 10.8. The molecule has 1 aromatic carbocycles. The number of anilines is 1. The normalized spacial score (nSPS) is 14.5. The molecular formula is C23H25ClN6O2. The molecule has 0 amide bonds. The number of benzene rings is 1. The molecule has 166 valence electrons. The van der Waals surface area contributed by atoms with Crippen molar-refractivity contribution in [1.82, 2.24) is 14.9 Å². The van der Waals surface area contributed by atoms with Crippen LogP contribution >= 0.6 is 11.6 Å². The lowest BCUT2D eigenvalue weighted by Gasteiger charge is -2.14. The van der Waals surface area contributed by atoms with Crippen LogP contribution in [0.4, 0.5) is 11.5 Å². The van der Waals surface area contributed by atoms with E-state index >= 15 is 0 Å². The van der Waals surface area contributed by atoms with Gasteiger partial charge in [-0.05, 0) is 62.3 Å². The molecule has 0 atom stereocenters. The zero-order chi connectivity index (χ0) is 22.3. The van der Waals surface area contributed by atoms with Gasteiger partial charge in [-0.3, -0.25) is 4.90 Å². The van der Waals surface area contributed by atoms with Gasteiger partial charge in [0, 0.05) is 35.0 Å². The summed E-state index contributed by atoms with van der Waals surface area (Å²) in [6.07, 6.45) is 5.82. The van der Waals surface area contributed by atoms with Crippen LogP contribution < -0.4 is 15.8 Å². The number of likely N-dealkylation sites (tertiary alicyclic amines) is 1. The first-order chi connectivity index (χ1) is 15.6. The van der Waals surface area contributed by atoms with Crippen LogP contribution in [0.2, 0.25) is 5.02 Å². The lowest BCUT2D eigenvalue weighted by atomic mass is 10.1. The second kappa shape index (κ2) is 10.3. The standard InChI is InChI=1S/C23H25ClN6O2/c24-20-6-5-18(31)13-19(20)16-3-7-21(26-14-16)29-23(25)28-17-4-8-22(27-15-17)32-12-11-30-9-1-2-10-30/h3-8,13-15,31H,1-2,9-12H2,(H3,25,26,28,29). The molecule has 2 aromatic heterocycles. The van der Waals surface area contributed by atoms with E-state index in [-0.39, 0.29) is 11.7 Å². The Kier molecular flexibility index (Phi) is 7.03. The zero-order valence-corrected chi connectivity index (χ0v) is 18.3. The molecule has 8 nitrogen and oxygen atoms in total. The number of phenolic OH excluding ortho intramolecular Hbond substituents is 1. The predicted octanol–water partition coefficient (Wildman–Crippen LogP) is 4.04. The van der Waals surface area contributed by atoms with Gasteiger partial charge >= 0.3 is 0 Å². The minimum Gasteiger partial charge on any atom is -0.508 e. The molecule has 0 bridgehead atoms. The third-order valence-corrected chi connectivity index (χ3v) is 5.44. The Balaban J connectivity index is 1.32. The fourth-order valence-electron chi connectivity index (χ4n) is 3.47. The summed E-state index contributed by atoms with van der Waals surface area (Å²) in [4.78, 5) is 15.3. The van der Waals surface area contributed by atoms with Crippen molar-refractivity contribution in [3.63, 3.8) is 0 Å². The first kappa shape index (κ1) is 21.9. The maximum absolute atomic E-state index is 9.68. The molecule has 1 fully saturated rings. The SMILES string of the molecule is NC(=Nc1ccc(-c2cc(O)ccc2Cl)cn1)Nc1ccc(OCCN2CCCC2)nc1. The molecule has 0 aliphatic carbocycles. The van der Waals surface area contributed by atoms with Gasteiger partial charge < -0.3 is 20.9 Å². The van der Waals surface area contributed by atoms with E-state index in [4.69, 9.17) is 22.1 Å². The number of guanidine groups is 1. The van der Waals surface area contributed by atoms with Crippen molar-refractivity contribution in [2.45, 2.75) is 12.8 Å². The molecule has 1 aliphatic rings. The third kappa shape index (κ3) is 5.87. The lowest BCUT2D eigenvalue weighted by molar-refractivity contribution is 0.232. The highest BCUT2D eigenvalue weighted by molar-refractivity contribution is 6.33. The van der Waals surface area contributed by atoms with Crippen LogP contribution in [0.25, 0.3) is 11.1 Å². The maximum Gasteiger partial charge on any atom is 0.213 e. The summed E-state index contributed by atoms with van der Waals surface area (Å²) in [7, 11) is 0. The van der Waals surface area contributed by atoms with Gasteiger partial charge in [-0.15, -0.1) is 0 Å². The topological polar surface area (TPSA) is 109 Å². The molecule has 3 aromatic rings. The van der Waals surface area contributed by atoms with Gasteiger partial charge in [-0.2, -0.15) is 4.99 Å². The largest absolute Gasteiger partial charge is 0.508 e. The third-order valence-electron chi connectivity index (χ3n) is 5.11. The minimum atomic E-state index is 0.136. The van der Waals surface area contributed by atoms with Crippen molar-refractivity contribution in [1.29, 1.82) is 0 Å². The molecule has 4 rings (SSSR count). The molecule has 1 saturated heterocycles. The Morgan fingerprint density at radius 1 is 1.12 bits per heavy atom. The van der Waals surface area contributed by atoms with E-state index in [2.05, 4.69) is 25.2 Å². The number of phenols is 1. The van der Waals surface area contributed by atoms with Gasteiger partial charge in [0.1, 0.15) is 12.4 Å². The van der Waals surface area contributed by atoms with Crippen molar-refractivity contribution < 1.29 is 9.84 Å². The molecule has 0 saturated carbocycles. The lowest BCUT2D eigenvalue weighted by Crippen LogP contribution is -2.25. The number of nitrogens with zero attached hydrogens (tertiary/aromatic N) is 4. The van der Waals surface area contributed by atoms with Crippen molar-refractivity contribution in [2.24, 2.45) is 10.7 Å². The highest BCUT2D eigenvalue weighted by atomic mass is 35.5. The summed E-state index contributed by atoms with van der Waals surface area (Å²) < 4.78 is 5.71. The number of aromatic nitrogens is 2. The first-order valence-electron chi connectivity index (χ1n) is 10.4. The molecule has 3 heterocycles. The van der Waals surface area contributed by atoms with E-state index in [0.717, 1.165) is 25.2 Å². The summed E-state index contributed by atoms with van der Waals surface area (Å²) in [6.45, 7) is 3.85. The van der Waals surface area contributed by atoms with Crippen LogP contribution in [0.1, 0.15) is 12.8 Å². The quantitative estimate of drug-likeness (QED) is 0.366. The van der Waals surface area contributed by atoms with Gasteiger partial charge in [0.05, 0.1) is 11.9 Å². The van der Waals surface area contributed by atoms with Crippen LogP contribution in [0.5, 0.6) is 11.6 Å². The Labute approximate surface area is 191 Å². The summed E-state index contributed by atoms with van der Waals surface area (Å²) in [5.41, 5.74) is 8.15. The number of pyridine rings is 2. The Hall–Kier alpha value is -3.36. The average Bonchev–Trinajstić information content (AvgIpc) is 3.31. The number of halogens is 1. The molecule has 0 unspecified atom stereocenters. The smallest absolute Gasteiger partial charge is 0.213 e. The molecule has 0 radical (unpaired) electrons. The van der Waals surface area contributed by atoms with Crippen molar-refractivity contribution >= 4 is 29.1 Å². The minimum absolute atomic E-state index is 0.136. The number of hydrogen-bond acceptors (Lipinski definition) is 6. The maximum atomic E-state index is 9.68. The molecule has 0 spiro atoms. The van der Waals surface area contributed by atoms with Crippen LogP contribution in [-0.2, 0) is 0 Å². The van der Waals surface area contributed by atoms with E-state index in [9.17, 15) is 5.11 Å². The Morgan fingerprint density at radius 3 is 2.69 bits per heavy atom.